The number of nitrogens with one attached hydrogen (secondary N) is 1. The van der Waals surface area contributed by atoms with Crippen molar-refractivity contribution in [2.45, 2.75) is 115 Å². The van der Waals surface area contributed by atoms with Crippen molar-refractivity contribution < 1.29 is 0 Å². The van der Waals surface area contributed by atoms with Gasteiger partial charge in [-0.2, -0.15) is 0 Å². The van der Waals surface area contributed by atoms with Gasteiger partial charge in [0.2, 0.25) is 0 Å². The summed E-state index contributed by atoms with van der Waals surface area (Å²) in [6.45, 7) is 16.3. The van der Waals surface area contributed by atoms with E-state index >= 15 is 0 Å². The molecule has 0 aromatic carbocycles. The van der Waals surface area contributed by atoms with Crippen molar-refractivity contribution in [1.82, 2.24) is 15.4 Å². The van der Waals surface area contributed by atoms with E-state index in [4.69, 9.17) is 0 Å². The molecule has 0 unspecified atom stereocenters. The van der Waals surface area contributed by atoms with Gasteiger partial charge in [-0.05, 0) is 81.1 Å². The third-order valence-electron chi connectivity index (χ3n) is 5.65. The van der Waals surface area contributed by atoms with Crippen LogP contribution in [0.25, 0.3) is 0 Å². The van der Waals surface area contributed by atoms with Gasteiger partial charge in [0, 0.05) is 34.2 Å². The summed E-state index contributed by atoms with van der Waals surface area (Å²) in [5, 5.41) is 31.3. The second-order valence-electron chi connectivity index (χ2n) is 10.2. The number of rotatable bonds is 2. The van der Waals surface area contributed by atoms with E-state index in [9.17, 15) is 10.4 Å². The summed E-state index contributed by atoms with van der Waals surface area (Å²) in [4.78, 5) is 0. The maximum absolute atomic E-state index is 12.5. The predicted molar refractivity (Wildman–Crippen MR) is 95.9 cm³/mol. The fourth-order valence-electron chi connectivity index (χ4n) is 5.10. The average molecular weight is 325 g/mol. The molecule has 0 spiro atoms. The molecule has 0 radical (unpaired) electrons. The molecule has 5 nitrogen and oxygen atoms in total. The van der Waals surface area contributed by atoms with E-state index < -0.39 is 0 Å². The largest absolute Gasteiger partial charge is 0.784 e. The fourth-order valence-corrected chi connectivity index (χ4v) is 5.10. The number of nitrogens with zero attached hydrogens (tertiary/aromatic N) is 2. The molecular formula is C18H35N3O2-2. The van der Waals surface area contributed by atoms with Gasteiger partial charge in [-0.3, -0.25) is 0 Å². The lowest BCUT2D eigenvalue weighted by molar-refractivity contribution is -0.0235. The Hall–Kier alpha value is -0.200. The van der Waals surface area contributed by atoms with Crippen molar-refractivity contribution in [3.05, 3.63) is 10.4 Å². The van der Waals surface area contributed by atoms with Gasteiger partial charge in [0.15, 0.2) is 0 Å². The zero-order valence-electron chi connectivity index (χ0n) is 16.2. The molecule has 2 aliphatic heterocycles. The van der Waals surface area contributed by atoms with Crippen molar-refractivity contribution in [3.63, 3.8) is 0 Å². The molecule has 0 bridgehead atoms. The van der Waals surface area contributed by atoms with Gasteiger partial charge in [0.05, 0.1) is 0 Å². The first-order chi connectivity index (χ1) is 10.2. The minimum absolute atomic E-state index is 0.319. The average Bonchev–Trinajstić information content (AvgIpc) is 2.31. The van der Waals surface area contributed by atoms with Crippen LogP contribution in [-0.4, -0.2) is 44.4 Å². The molecule has 2 aliphatic rings. The molecule has 136 valence electrons. The summed E-state index contributed by atoms with van der Waals surface area (Å²) in [5.41, 5.74) is -1.43. The zero-order chi connectivity index (χ0) is 17.8. The summed E-state index contributed by atoms with van der Waals surface area (Å²) in [7, 11) is 0. The van der Waals surface area contributed by atoms with Crippen molar-refractivity contribution >= 4 is 0 Å². The zero-order valence-corrected chi connectivity index (χ0v) is 16.2. The standard InChI is InChI=1S/C18H35N3O2/c1-15(2)9-13(10-16(3,4)20(15)22)19-14-11-17(5,6)21(23)18(7,8)12-14/h13-14,19H,9-12H2,1-8H3/q-2. The number of piperidine rings is 2. The molecule has 0 amide bonds. The van der Waals surface area contributed by atoms with Crippen molar-refractivity contribution in [1.29, 1.82) is 0 Å². The smallest absolute Gasteiger partial charge is 0.0104 e. The summed E-state index contributed by atoms with van der Waals surface area (Å²) in [6, 6.07) is 0.639. The highest BCUT2D eigenvalue weighted by atomic mass is 16.5. The Morgan fingerprint density at radius 3 is 1.04 bits per heavy atom. The lowest BCUT2D eigenvalue weighted by Crippen LogP contribution is -2.65. The minimum atomic E-state index is -0.357. The first-order valence-corrected chi connectivity index (χ1v) is 8.88. The Kier molecular flexibility index (Phi) is 4.71. The van der Waals surface area contributed by atoms with E-state index in [0.29, 0.717) is 12.1 Å². The van der Waals surface area contributed by atoms with Gasteiger partial charge in [-0.25, -0.2) is 0 Å². The summed E-state index contributed by atoms with van der Waals surface area (Å²) < 4.78 is 0. The highest BCUT2D eigenvalue weighted by molar-refractivity contribution is 5.06. The van der Waals surface area contributed by atoms with Crippen molar-refractivity contribution in [2.24, 2.45) is 0 Å². The Morgan fingerprint density at radius 2 is 0.826 bits per heavy atom. The number of hydroxylamine groups is 4. The van der Waals surface area contributed by atoms with Crippen LogP contribution in [0, 0.1) is 10.4 Å². The Morgan fingerprint density at radius 1 is 0.609 bits per heavy atom. The predicted octanol–water partition coefficient (Wildman–Crippen LogP) is 3.61. The molecule has 5 heteroatoms. The first kappa shape index (κ1) is 19.1. The van der Waals surface area contributed by atoms with Gasteiger partial charge in [0.25, 0.3) is 0 Å². The van der Waals surface area contributed by atoms with Crippen molar-refractivity contribution in [3.8, 4) is 0 Å². The topological polar surface area (TPSA) is 64.6 Å². The van der Waals surface area contributed by atoms with Crippen LogP contribution in [0.5, 0.6) is 0 Å². The van der Waals surface area contributed by atoms with Gasteiger partial charge in [-0.1, -0.05) is 0 Å². The molecule has 0 aromatic rings. The molecule has 0 saturated carbocycles. The van der Waals surface area contributed by atoms with E-state index in [-0.39, 0.29) is 22.2 Å². The number of hydrogen-bond acceptors (Lipinski definition) is 5. The van der Waals surface area contributed by atoms with Crippen molar-refractivity contribution in [2.75, 3.05) is 0 Å². The third-order valence-corrected chi connectivity index (χ3v) is 5.65. The van der Waals surface area contributed by atoms with Crippen LogP contribution in [0.2, 0.25) is 0 Å². The second-order valence-corrected chi connectivity index (χ2v) is 10.2. The molecule has 2 rings (SSSR count). The van der Waals surface area contributed by atoms with Crippen LogP contribution < -0.4 is 5.32 Å². The van der Waals surface area contributed by atoms with E-state index in [1.54, 1.807) is 0 Å². The molecule has 1 N–H and O–H groups in total. The van der Waals surface area contributed by atoms with Crippen LogP contribution in [0.15, 0.2) is 0 Å². The first-order valence-electron chi connectivity index (χ1n) is 8.88. The lowest BCUT2D eigenvalue weighted by atomic mass is 9.76. The maximum Gasteiger partial charge on any atom is 0.0104 e. The second kappa shape index (κ2) is 5.67. The minimum Gasteiger partial charge on any atom is -0.784 e. The highest BCUT2D eigenvalue weighted by Crippen LogP contribution is 2.40. The molecule has 2 heterocycles. The lowest BCUT2D eigenvalue weighted by Gasteiger charge is -2.62. The number of hydrogen-bond donors (Lipinski definition) is 1. The maximum atomic E-state index is 12.5. The molecule has 0 aromatic heterocycles. The molecule has 0 atom stereocenters. The molecule has 2 saturated heterocycles. The van der Waals surface area contributed by atoms with Crippen LogP contribution in [0.3, 0.4) is 0 Å². The third kappa shape index (κ3) is 3.74. The van der Waals surface area contributed by atoms with Crippen LogP contribution in [0.4, 0.5) is 0 Å². The quantitative estimate of drug-likeness (QED) is 0.840. The van der Waals surface area contributed by atoms with Crippen LogP contribution in [0.1, 0.15) is 81.1 Å². The molecule has 0 aliphatic carbocycles. The Balaban J connectivity index is 2.10. The normalized spacial score (nSPS) is 32.1. The van der Waals surface area contributed by atoms with E-state index in [0.717, 1.165) is 25.7 Å². The molecular weight excluding hydrogens is 290 g/mol. The Bertz CT molecular complexity index is 370. The molecule has 2 fully saturated rings. The van der Waals surface area contributed by atoms with Gasteiger partial charge in [-0.15, -0.1) is 0 Å². The van der Waals surface area contributed by atoms with Crippen LogP contribution >= 0.6 is 0 Å². The Labute approximate surface area is 141 Å². The summed E-state index contributed by atoms with van der Waals surface area (Å²) in [5.74, 6) is 0. The SMILES string of the molecule is CC1(C)CC(NC2CC(C)(C)N([O-])C(C)(C)C2)CC(C)(C)N1[O-]. The monoisotopic (exact) mass is 325 g/mol. The van der Waals surface area contributed by atoms with Gasteiger partial charge < -0.3 is 25.9 Å². The van der Waals surface area contributed by atoms with Gasteiger partial charge in [0.1, 0.15) is 0 Å². The van der Waals surface area contributed by atoms with E-state index in [1.807, 2.05) is 55.4 Å². The summed E-state index contributed by atoms with van der Waals surface area (Å²) in [6.07, 6.45) is 3.38. The van der Waals surface area contributed by atoms with E-state index in [1.165, 1.54) is 10.1 Å². The highest BCUT2D eigenvalue weighted by Gasteiger charge is 2.44. The molecule has 23 heavy (non-hydrogen) atoms. The fraction of sp³-hybridized carbons (Fsp3) is 1.00. The summed E-state index contributed by atoms with van der Waals surface area (Å²) >= 11 is 0. The van der Waals surface area contributed by atoms with Gasteiger partial charge >= 0.3 is 0 Å². The van der Waals surface area contributed by atoms with Crippen LogP contribution in [-0.2, 0) is 0 Å². The van der Waals surface area contributed by atoms with E-state index in [2.05, 4.69) is 5.32 Å².